The Labute approximate surface area is 125 Å². The second kappa shape index (κ2) is 5.40. The minimum atomic E-state index is -3.55. The molecule has 6 nitrogen and oxygen atoms in total. The molecule has 2 aromatic heterocycles. The summed E-state index contributed by atoms with van der Waals surface area (Å²) in [5.41, 5.74) is 0. The Morgan fingerprint density at radius 1 is 1.30 bits per heavy atom. The first-order chi connectivity index (χ1) is 9.53. The standard InChI is InChI=1S/C11H14N4O2S3/c1-7-13-14-11(18-7)15-20(16,17)10-5-4-9(19-10)6-12-8-2-3-8/h4-5,8,12H,2-3,6H2,1H3,(H,14,15). The van der Waals surface area contributed by atoms with Crippen molar-refractivity contribution in [2.75, 3.05) is 4.72 Å². The molecule has 108 valence electrons. The number of hydrogen-bond acceptors (Lipinski definition) is 7. The first-order valence-corrected chi connectivity index (χ1v) is 9.29. The lowest BCUT2D eigenvalue weighted by molar-refractivity contribution is 0.603. The van der Waals surface area contributed by atoms with Crippen molar-refractivity contribution in [2.45, 2.75) is 36.6 Å². The maximum Gasteiger partial charge on any atom is 0.273 e. The largest absolute Gasteiger partial charge is 0.309 e. The molecule has 0 saturated heterocycles. The van der Waals surface area contributed by atoms with Crippen molar-refractivity contribution in [3.8, 4) is 0 Å². The molecular formula is C11H14N4O2S3. The van der Waals surface area contributed by atoms with Crippen LogP contribution in [0.25, 0.3) is 0 Å². The van der Waals surface area contributed by atoms with Crippen LogP contribution in [0.4, 0.5) is 5.13 Å². The van der Waals surface area contributed by atoms with Crippen LogP contribution in [0.2, 0.25) is 0 Å². The zero-order valence-corrected chi connectivity index (χ0v) is 13.2. The van der Waals surface area contributed by atoms with Gasteiger partial charge in [0, 0.05) is 17.5 Å². The zero-order chi connectivity index (χ0) is 14.2. The smallest absolute Gasteiger partial charge is 0.273 e. The maximum atomic E-state index is 12.2. The van der Waals surface area contributed by atoms with E-state index in [1.165, 1.54) is 35.5 Å². The van der Waals surface area contributed by atoms with E-state index in [0.717, 1.165) is 16.4 Å². The van der Waals surface area contributed by atoms with Gasteiger partial charge in [0.1, 0.15) is 9.22 Å². The van der Waals surface area contributed by atoms with E-state index in [1.807, 2.05) is 6.07 Å². The van der Waals surface area contributed by atoms with E-state index in [1.54, 1.807) is 13.0 Å². The molecule has 2 aromatic rings. The van der Waals surface area contributed by atoms with E-state index in [-0.39, 0.29) is 0 Å². The molecule has 1 aliphatic rings. The highest BCUT2D eigenvalue weighted by molar-refractivity contribution is 7.94. The molecule has 2 N–H and O–H groups in total. The molecule has 0 aliphatic heterocycles. The summed E-state index contributed by atoms with van der Waals surface area (Å²) in [5.74, 6) is 0. The Morgan fingerprint density at radius 3 is 2.75 bits per heavy atom. The molecule has 3 rings (SSSR count). The van der Waals surface area contributed by atoms with E-state index in [4.69, 9.17) is 0 Å². The Bertz CT molecular complexity index is 703. The van der Waals surface area contributed by atoms with Gasteiger partial charge in [0.25, 0.3) is 10.0 Å². The van der Waals surface area contributed by atoms with Crippen LogP contribution < -0.4 is 10.0 Å². The molecule has 0 atom stereocenters. The van der Waals surface area contributed by atoms with Gasteiger partial charge < -0.3 is 5.32 Å². The van der Waals surface area contributed by atoms with Crippen molar-refractivity contribution < 1.29 is 8.42 Å². The minimum absolute atomic E-state index is 0.300. The fourth-order valence-corrected chi connectivity index (χ4v) is 4.76. The van der Waals surface area contributed by atoms with Crippen LogP contribution >= 0.6 is 22.7 Å². The average Bonchev–Trinajstić information content (AvgIpc) is 2.93. The molecule has 0 spiro atoms. The normalized spacial score (nSPS) is 15.4. The van der Waals surface area contributed by atoms with Crippen molar-refractivity contribution in [2.24, 2.45) is 0 Å². The van der Waals surface area contributed by atoms with Gasteiger partial charge in [0.2, 0.25) is 5.13 Å². The number of hydrogen-bond donors (Lipinski definition) is 2. The highest BCUT2D eigenvalue weighted by Gasteiger charge is 2.22. The number of nitrogens with one attached hydrogen (secondary N) is 2. The molecule has 2 heterocycles. The van der Waals surface area contributed by atoms with E-state index >= 15 is 0 Å². The fourth-order valence-electron chi connectivity index (χ4n) is 1.63. The Kier molecular flexibility index (Phi) is 3.76. The summed E-state index contributed by atoms with van der Waals surface area (Å²) in [5, 5.41) is 12.0. The number of thiophene rings is 1. The summed E-state index contributed by atoms with van der Waals surface area (Å²) in [7, 11) is -3.55. The van der Waals surface area contributed by atoms with Gasteiger partial charge in [-0.25, -0.2) is 8.42 Å². The molecule has 9 heteroatoms. The van der Waals surface area contributed by atoms with Crippen LogP contribution in [0.5, 0.6) is 0 Å². The van der Waals surface area contributed by atoms with Crippen molar-refractivity contribution in [3.05, 3.63) is 22.0 Å². The van der Waals surface area contributed by atoms with E-state index < -0.39 is 10.0 Å². The van der Waals surface area contributed by atoms with E-state index in [0.29, 0.717) is 15.4 Å². The van der Waals surface area contributed by atoms with Gasteiger partial charge in [0.15, 0.2) is 0 Å². The van der Waals surface area contributed by atoms with Gasteiger partial charge in [-0.2, -0.15) is 0 Å². The summed E-state index contributed by atoms with van der Waals surface area (Å²) in [6.45, 7) is 2.50. The number of nitrogens with zero attached hydrogens (tertiary/aromatic N) is 2. The monoisotopic (exact) mass is 330 g/mol. The molecule has 0 aromatic carbocycles. The first-order valence-electron chi connectivity index (χ1n) is 6.18. The molecule has 0 amide bonds. The van der Waals surface area contributed by atoms with Crippen molar-refractivity contribution in [1.82, 2.24) is 15.5 Å². The topological polar surface area (TPSA) is 84.0 Å². The predicted octanol–water partition coefficient (Wildman–Crippen LogP) is 1.96. The fraction of sp³-hybridized carbons (Fsp3) is 0.455. The summed E-state index contributed by atoms with van der Waals surface area (Å²) >= 11 is 2.50. The van der Waals surface area contributed by atoms with Crippen molar-refractivity contribution in [3.63, 3.8) is 0 Å². The van der Waals surface area contributed by atoms with Crippen LogP contribution in [0.1, 0.15) is 22.7 Å². The van der Waals surface area contributed by atoms with Crippen LogP contribution in [-0.2, 0) is 16.6 Å². The second-order valence-corrected chi connectivity index (χ2v) is 8.87. The Balaban J connectivity index is 1.69. The molecule has 1 fully saturated rings. The lowest BCUT2D eigenvalue weighted by atomic mass is 10.4. The third-order valence-corrected chi connectivity index (χ3v) is 6.59. The van der Waals surface area contributed by atoms with E-state index in [2.05, 4.69) is 20.2 Å². The van der Waals surface area contributed by atoms with Gasteiger partial charge in [-0.3, -0.25) is 4.72 Å². The zero-order valence-electron chi connectivity index (χ0n) is 10.8. The Hall–Kier alpha value is -1.03. The molecule has 0 radical (unpaired) electrons. The number of aromatic nitrogens is 2. The molecule has 0 unspecified atom stereocenters. The van der Waals surface area contributed by atoms with Crippen LogP contribution in [-0.4, -0.2) is 24.7 Å². The van der Waals surface area contributed by atoms with Crippen LogP contribution in [0.15, 0.2) is 16.3 Å². The van der Waals surface area contributed by atoms with Crippen molar-refractivity contribution >= 4 is 37.8 Å². The maximum absolute atomic E-state index is 12.2. The number of rotatable bonds is 6. The molecular weight excluding hydrogens is 316 g/mol. The SMILES string of the molecule is Cc1nnc(NS(=O)(=O)c2ccc(CNC3CC3)s2)s1. The molecule has 0 bridgehead atoms. The van der Waals surface area contributed by atoms with Crippen LogP contribution in [0.3, 0.4) is 0 Å². The van der Waals surface area contributed by atoms with E-state index in [9.17, 15) is 8.42 Å². The lowest BCUT2D eigenvalue weighted by Crippen LogP contribution is -2.14. The highest BCUT2D eigenvalue weighted by atomic mass is 32.2. The Morgan fingerprint density at radius 2 is 2.10 bits per heavy atom. The van der Waals surface area contributed by atoms with Gasteiger partial charge in [0.05, 0.1) is 0 Å². The second-order valence-electron chi connectivity index (χ2n) is 4.61. The number of anilines is 1. The summed E-state index contributed by atoms with van der Waals surface area (Å²) in [6.07, 6.45) is 2.43. The minimum Gasteiger partial charge on any atom is -0.309 e. The number of aryl methyl sites for hydroxylation is 1. The quantitative estimate of drug-likeness (QED) is 0.846. The average molecular weight is 330 g/mol. The number of sulfonamides is 1. The molecule has 1 aliphatic carbocycles. The first kappa shape index (κ1) is 13.9. The highest BCUT2D eigenvalue weighted by Crippen LogP contribution is 2.26. The summed E-state index contributed by atoms with van der Waals surface area (Å²) < 4.78 is 27.1. The van der Waals surface area contributed by atoms with Crippen molar-refractivity contribution in [1.29, 1.82) is 0 Å². The third-order valence-electron chi connectivity index (χ3n) is 2.79. The molecule has 20 heavy (non-hydrogen) atoms. The summed E-state index contributed by atoms with van der Waals surface area (Å²) in [4.78, 5) is 1.02. The molecule has 1 saturated carbocycles. The van der Waals surface area contributed by atoms with Gasteiger partial charge >= 0.3 is 0 Å². The summed E-state index contributed by atoms with van der Waals surface area (Å²) in [6, 6.07) is 4.09. The van der Waals surface area contributed by atoms with Gasteiger partial charge in [-0.15, -0.1) is 21.5 Å². The van der Waals surface area contributed by atoms with Gasteiger partial charge in [-0.05, 0) is 31.9 Å². The third kappa shape index (κ3) is 3.35. The lowest BCUT2D eigenvalue weighted by Gasteiger charge is -2.01. The predicted molar refractivity (Wildman–Crippen MR) is 79.6 cm³/mol. The van der Waals surface area contributed by atoms with Crippen LogP contribution in [0, 0.1) is 6.92 Å². The van der Waals surface area contributed by atoms with Gasteiger partial charge in [-0.1, -0.05) is 11.3 Å².